The van der Waals surface area contributed by atoms with Gasteiger partial charge in [-0.1, -0.05) is 44.6 Å². The van der Waals surface area contributed by atoms with Crippen molar-refractivity contribution in [1.29, 1.82) is 0 Å². The number of halogens is 5. The number of carbonyl (C=O) groups is 1. The van der Waals surface area contributed by atoms with Crippen LogP contribution in [0.3, 0.4) is 0 Å². The fourth-order valence-electron chi connectivity index (χ4n) is 2.80. The molecule has 12 heteroatoms. The second-order valence-corrected chi connectivity index (χ2v) is 10.4. The Morgan fingerprint density at radius 2 is 1.59 bits per heavy atom. The third-order valence-corrected chi connectivity index (χ3v) is 6.42. The second-order valence-electron chi connectivity index (χ2n) is 7.25. The Morgan fingerprint density at radius 3 is 2.16 bits per heavy atom. The monoisotopic (exact) mass is 514 g/mol. The Morgan fingerprint density at radius 1 is 1.00 bits per heavy atom. The molecule has 2 aromatic rings. The van der Waals surface area contributed by atoms with Crippen LogP contribution in [0.5, 0.6) is 0 Å². The Kier molecular flexibility index (Phi) is 7.42. The fraction of sp³-hybridized carbons (Fsp3) is 0.350. The van der Waals surface area contributed by atoms with Crippen LogP contribution in [0.4, 0.5) is 19.4 Å². The quantitative estimate of drug-likeness (QED) is 0.106. The van der Waals surface area contributed by atoms with Gasteiger partial charge < -0.3 is 9.30 Å². The molecule has 0 atom stereocenters. The minimum absolute atomic E-state index is 0.212. The Labute approximate surface area is 193 Å². The second kappa shape index (κ2) is 9.06. The van der Waals surface area contributed by atoms with Gasteiger partial charge >= 0.3 is 16.2 Å². The number of unbranched alkanes of at least 4 members (excludes halogenated alkanes) is 3. The molecule has 4 nitrogen and oxygen atoms in total. The van der Waals surface area contributed by atoms with Crippen molar-refractivity contribution >= 4 is 40.6 Å². The van der Waals surface area contributed by atoms with Crippen LogP contribution in [-0.4, -0.2) is 21.7 Å². The first-order chi connectivity index (χ1) is 14.6. The van der Waals surface area contributed by atoms with Gasteiger partial charge in [0, 0.05) is 24.0 Å². The lowest BCUT2D eigenvalue weighted by molar-refractivity contribution is -0.139. The molecule has 0 N–H and O–H groups in total. The molecule has 0 unspecified atom stereocenters. The van der Waals surface area contributed by atoms with Crippen molar-refractivity contribution in [3.05, 3.63) is 58.1 Å². The molecule has 0 aliphatic heterocycles. The van der Waals surface area contributed by atoms with Gasteiger partial charge in [-0.3, -0.25) is 4.57 Å². The summed E-state index contributed by atoms with van der Waals surface area (Å²) < 4.78 is 73.4. The zero-order valence-corrected chi connectivity index (χ0v) is 19.7. The van der Waals surface area contributed by atoms with Crippen LogP contribution in [0.2, 0.25) is 0 Å². The predicted octanol–water partition coefficient (Wildman–Crippen LogP) is 8.07. The minimum Gasteiger partial charge on any atom is -0.462 e. The summed E-state index contributed by atoms with van der Waals surface area (Å²) in [5, 5.41) is 0. The average Bonchev–Trinajstić information content (AvgIpc) is 2.67. The van der Waals surface area contributed by atoms with Gasteiger partial charge in [-0.25, -0.2) is 4.79 Å². The predicted molar refractivity (Wildman–Crippen MR) is 121 cm³/mol. The summed E-state index contributed by atoms with van der Waals surface area (Å²) in [7, 11) is -9.73. The van der Waals surface area contributed by atoms with Gasteiger partial charge in [0.25, 0.3) is 0 Å². The lowest BCUT2D eigenvalue weighted by atomic mass is 10.2. The molecule has 0 aliphatic rings. The largest absolute Gasteiger partial charge is 0.462 e. The van der Waals surface area contributed by atoms with Gasteiger partial charge in [-0.15, -0.1) is 0 Å². The first-order valence-corrected chi connectivity index (χ1v) is 12.4. The maximum absolute atomic E-state index is 12.9. The van der Waals surface area contributed by atoms with E-state index >= 15 is 0 Å². The molecule has 0 spiro atoms. The van der Waals surface area contributed by atoms with Gasteiger partial charge in [0.15, 0.2) is 4.77 Å². The number of aromatic nitrogens is 2. The molecule has 0 fully saturated rings. The number of esters is 1. The molecular weight excluding hydrogens is 491 g/mol. The van der Waals surface area contributed by atoms with Crippen LogP contribution >= 0.6 is 34.7 Å². The van der Waals surface area contributed by atoms with Crippen molar-refractivity contribution in [1.82, 2.24) is 9.13 Å². The molecule has 0 bridgehead atoms. The summed E-state index contributed by atoms with van der Waals surface area (Å²) in [6, 6.07) is 4.17. The molecule has 1 aromatic carbocycles. The number of hydrogen-bond acceptors (Lipinski definition) is 4. The van der Waals surface area contributed by atoms with Crippen LogP contribution < -0.4 is 0 Å². The zero-order valence-electron chi connectivity index (χ0n) is 17.2. The Balaban J connectivity index is 2.04. The average molecular weight is 515 g/mol. The van der Waals surface area contributed by atoms with Crippen LogP contribution in [0.15, 0.2) is 53.6 Å². The molecule has 1 aromatic heterocycles. The molecule has 0 radical (unpaired) electrons. The zero-order chi connectivity index (χ0) is 24.2. The molecule has 0 aliphatic carbocycles. The van der Waals surface area contributed by atoms with Crippen molar-refractivity contribution in [2.24, 2.45) is 0 Å². The fourth-order valence-corrected chi connectivity index (χ4v) is 4.10. The summed E-state index contributed by atoms with van der Waals surface area (Å²) in [5.41, 5.74) is 0.557. The minimum atomic E-state index is -9.73. The van der Waals surface area contributed by atoms with Crippen molar-refractivity contribution in [2.75, 3.05) is 6.61 Å². The Hall–Kier alpha value is -2.05. The van der Waals surface area contributed by atoms with Gasteiger partial charge in [-0.05, 0) is 68.7 Å². The molecule has 0 saturated carbocycles. The van der Waals surface area contributed by atoms with E-state index in [-0.39, 0.29) is 10.5 Å². The van der Waals surface area contributed by atoms with E-state index in [1.807, 2.05) is 0 Å². The third kappa shape index (κ3) is 7.24. The van der Waals surface area contributed by atoms with E-state index in [9.17, 15) is 24.2 Å². The van der Waals surface area contributed by atoms with Crippen molar-refractivity contribution in [3.8, 4) is 5.69 Å². The number of rotatable bonds is 10. The van der Waals surface area contributed by atoms with E-state index in [2.05, 4.69) is 6.58 Å². The topological polar surface area (TPSA) is 36.2 Å². The van der Waals surface area contributed by atoms with Crippen molar-refractivity contribution < 1.29 is 29.0 Å². The lowest BCUT2D eigenvalue weighted by Gasteiger charge is -2.40. The van der Waals surface area contributed by atoms with Crippen LogP contribution in [-0.2, 0) is 16.1 Å². The van der Waals surface area contributed by atoms with E-state index < -0.39 is 21.1 Å². The number of nitrogens with zero attached hydrogens (tertiary/aromatic N) is 2. The molecule has 0 amide bonds. The lowest BCUT2D eigenvalue weighted by Crippen LogP contribution is -2.10. The summed E-state index contributed by atoms with van der Waals surface area (Å²) >= 11 is 10.7. The highest BCUT2D eigenvalue weighted by atomic mass is 32.5. The summed E-state index contributed by atoms with van der Waals surface area (Å²) in [4.78, 5) is 9.34. The van der Waals surface area contributed by atoms with E-state index in [0.717, 1.165) is 31.4 Å². The maximum Gasteiger partial charge on any atom is 0.333 e. The SMILES string of the molecule is C=C(C)C(=O)OCCCCCCn1c(=S)ccn(-c2ccc(S(F)(F)(F)(F)F)cc2)c1=S. The van der Waals surface area contributed by atoms with Crippen LogP contribution in [0.1, 0.15) is 32.6 Å². The van der Waals surface area contributed by atoms with Gasteiger partial charge in [-0.2, -0.15) is 0 Å². The molecule has 32 heavy (non-hydrogen) atoms. The maximum atomic E-state index is 12.9. The standard InChI is InChI=1S/C20H23F5N2O2S3/c1-15(2)19(28)29-14-6-4-3-5-12-27-18(30)11-13-26(20(27)31)16-7-9-17(10-8-16)32(21,22,23,24)25/h7-11,13H,1,3-6,12,14H2,2H3. The van der Waals surface area contributed by atoms with E-state index in [1.165, 1.54) is 10.8 Å². The summed E-state index contributed by atoms with van der Waals surface area (Å²) in [6.45, 7) is 5.86. The van der Waals surface area contributed by atoms with Gasteiger partial charge in [0.05, 0.1) is 6.61 Å². The summed E-state index contributed by atoms with van der Waals surface area (Å²) in [5.74, 6) is -0.422. The van der Waals surface area contributed by atoms with E-state index in [0.29, 0.717) is 41.9 Å². The normalized spacial score (nSPS) is 13.8. The van der Waals surface area contributed by atoms with Gasteiger partial charge in [0.1, 0.15) is 9.54 Å². The smallest absolute Gasteiger partial charge is 0.333 e. The number of carbonyl (C=O) groups excluding carboxylic acids is 1. The summed E-state index contributed by atoms with van der Waals surface area (Å²) in [6.07, 6.45) is 4.53. The molecule has 2 rings (SSSR count). The molecule has 0 saturated heterocycles. The van der Waals surface area contributed by atoms with Crippen molar-refractivity contribution in [2.45, 2.75) is 44.0 Å². The number of hydrogen-bond donors (Lipinski definition) is 0. The first kappa shape index (κ1) is 26.2. The van der Waals surface area contributed by atoms with Crippen molar-refractivity contribution in [3.63, 3.8) is 0 Å². The third-order valence-electron chi connectivity index (χ3n) is 4.49. The van der Waals surface area contributed by atoms with E-state index in [4.69, 9.17) is 29.2 Å². The molecular formula is C20H23F5N2O2S3. The Bertz CT molecular complexity index is 1120. The van der Waals surface area contributed by atoms with Crippen LogP contribution in [0, 0.1) is 9.41 Å². The van der Waals surface area contributed by atoms with E-state index in [1.54, 1.807) is 17.6 Å². The first-order valence-electron chi connectivity index (χ1n) is 9.60. The highest BCUT2D eigenvalue weighted by Crippen LogP contribution is 3.02. The molecule has 178 valence electrons. The highest BCUT2D eigenvalue weighted by Gasteiger charge is 2.65. The number of benzene rings is 1. The van der Waals surface area contributed by atoms with Crippen LogP contribution in [0.25, 0.3) is 5.69 Å². The molecule has 1 heterocycles. The highest BCUT2D eigenvalue weighted by molar-refractivity contribution is 8.45. The number of ether oxygens (including phenoxy) is 1. The van der Waals surface area contributed by atoms with Gasteiger partial charge in [0.2, 0.25) is 0 Å².